The van der Waals surface area contributed by atoms with Gasteiger partial charge in [-0.25, -0.2) is 0 Å². The smallest absolute Gasteiger partial charge is 0.225 e. The van der Waals surface area contributed by atoms with E-state index in [1.807, 2.05) is 26.0 Å². The molecule has 3 N–H and O–H groups in total. The van der Waals surface area contributed by atoms with Crippen LogP contribution in [0.2, 0.25) is 0 Å². The molecule has 4 heteroatoms. The lowest BCUT2D eigenvalue weighted by Crippen LogP contribution is -2.39. The van der Waals surface area contributed by atoms with Crippen LogP contribution in [0.1, 0.15) is 25.8 Å². The van der Waals surface area contributed by atoms with Gasteiger partial charge in [0, 0.05) is 16.4 Å². The zero-order valence-electron chi connectivity index (χ0n) is 11.0. The highest BCUT2D eigenvalue weighted by Gasteiger charge is 2.25. The van der Waals surface area contributed by atoms with Crippen LogP contribution in [0.5, 0.6) is 0 Å². The fourth-order valence-electron chi connectivity index (χ4n) is 1.69. The number of amides is 1. The molecule has 0 saturated carbocycles. The third-order valence-corrected chi connectivity index (χ3v) is 3.53. The molecule has 0 spiro atoms. The van der Waals surface area contributed by atoms with Crippen molar-refractivity contribution in [2.75, 3.05) is 13.1 Å². The zero-order valence-corrected chi connectivity index (χ0v) is 12.6. The van der Waals surface area contributed by atoms with Crippen LogP contribution in [0.25, 0.3) is 0 Å². The van der Waals surface area contributed by atoms with E-state index in [4.69, 9.17) is 5.73 Å². The Morgan fingerprint density at radius 2 is 1.94 bits per heavy atom. The van der Waals surface area contributed by atoms with Gasteiger partial charge in [-0.2, -0.15) is 0 Å². The summed E-state index contributed by atoms with van der Waals surface area (Å²) in [4.78, 5) is 11.9. The third-order valence-electron chi connectivity index (χ3n) is 3.00. The Labute approximate surface area is 117 Å². The van der Waals surface area contributed by atoms with Gasteiger partial charge in [-0.1, -0.05) is 41.9 Å². The Hall–Kier alpha value is -0.870. The average Bonchev–Trinajstić information content (AvgIpc) is 2.31. The average molecular weight is 313 g/mol. The minimum atomic E-state index is -0.380. The fraction of sp³-hybridized carbons (Fsp3) is 0.500. The molecule has 100 valence electrons. The Bertz CT molecular complexity index is 387. The molecular formula is C14H21BrN2O. The van der Waals surface area contributed by atoms with E-state index in [1.165, 1.54) is 5.56 Å². The molecule has 0 heterocycles. The monoisotopic (exact) mass is 312 g/mol. The number of nitrogens with two attached hydrogens (primary N) is 1. The first-order valence-corrected chi connectivity index (χ1v) is 6.98. The Kier molecular flexibility index (Phi) is 5.82. The second-order valence-corrected chi connectivity index (χ2v) is 5.97. The molecule has 3 nitrogen and oxygen atoms in total. The molecule has 18 heavy (non-hydrogen) atoms. The second-order valence-electron chi connectivity index (χ2n) is 5.05. The van der Waals surface area contributed by atoms with E-state index in [0.29, 0.717) is 19.5 Å². The molecule has 0 fully saturated rings. The Morgan fingerprint density at radius 1 is 1.33 bits per heavy atom. The number of hydrogen-bond donors (Lipinski definition) is 2. The van der Waals surface area contributed by atoms with E-state index in [0.717, 1.165) is 10.9 Å². The molecule has 0 unspecified atom stereocenters. The third kappa shape index (κ3) is 4.78. The quantitative estimate of drug-likeness (QED) is 0.848. The van der Waals surface area contributed by atoms with Crippen molar-refractivity contribution in [1.82, 2.24) is 5.32 Å². The summed E-state index contributed by atoms with van der Waals surface area (Å²) in [5.41, 5.74) is 6.34. The van der Waals surface area contributed by atoms with Crippen LogP contribution >= 0.6 is 15.9 Å². The molecule has 1 aromatic rings. The summed E-state index contributed by atoms with van der Waals surface area (Å²) < 4.78 is 1.07. The lowest BCUT2D eigenvalue weighted by atomic mass is 9.88. The summed E-state index contributed by atoms with van der Waals surface area (Å²) in [5, 5.41) is 2.96. The molecule has 0 aromatic heterocycles. The van der Waals surface area contributed by atoms with Gasteiger partial charge < -0.3 is 11.1 Å². The number of hydrogen-bond acceptors (Lipinski definition) is 2. The van der Waals surface area contributed by atoms with Gasteiger partial charge in [0.05, 0.1) is 0 Å². The van der Waals surface area contributed by atoms with E-state index >= 15 is 0 Å². The molecule has 1 amide bonds. The van der Waals surface area contributed by atoms with E-state index < -0.39 is 0 Å². The predicted octanol–water partition coefficient (Wildman–Crippen LogP) is 2.48. The molecule has 0 aliphatic rings. The van der Waals surface area contributed by atoms with Crippen LogP contribution in [0.4, 0.5) is 0 Å². The van der Waals surface area contributed by atoms with Crippen molar-refractivity contribution in [3.63, 3.8) is 0 Å². The second kappa shape index (κ2) is 6.90. The van der Waals surface area contributed by atoms with Crippen molar-refractivity contribution >= 4 is 21.8 Å². The molecule has 0 radical (unpaired) electrons. The fourth-order valence-corrected chi connectivity index (χ4v) is 1.95. The first kappa shape index (κ1) is 15.2. The normalized spacial score (nSPS) is 11.3. The van der Waals surface area contributed by atoms with Crippen LogP contribution in [0.3, 0.4) is 0 Å². The van der Waals surface area contributed by atoms with Crippen LogP contribution in [-0.2, 0) is 11.2 Å². The van der Waals surface area contributed by atoms with Crippen LogP contribution in [0.15, 0.2) is 28.7 Å². The van der Waals surface area contributed by atoms with Crippen LogP contribution in [-0.4, -0.2) is 19.0 Å². The van der Waals surface area contributed by atoms with Gasteiger partial charge in [-0.3, -0.25) is 4.79 Å². The van der Waals surface area contributed by atoms with Crippen molar-refractivity contribution in [3.8, 4) is 0 Å². The van der Waals surface area contributed by atoms with Gasteiger partial charge in [0.2, 0.25) is 5.91 Å². The molecule has 0 bridgehead atoms. The maximum Gasteiger partial charge on any atom is 0.225 e. The molecule has 0 aliphatic carbocycles. The maximum atomic E-state index is 11.9. The van der Waals surface area contributed by atoms with Crippen molar-refractivity contribution in [1.29, 1.82) is 0 Å². The molecule has 1 aromatic carbocycles. The summed E-state index contributed by atoms with van der Waals surface area (Å²) in [6.45, 7) is 5.05. The maximum absolute atomic E-state index is 11.9. The van der Waals surface area contributed by atoms with Crippen molar-refractivity contribution in [3.05, 3.63) is 34.3 Å². The molecule has 0 atom stereocenters. The molecular weight excluding hydrogens is 292 g/mol. The van der Waals surface area contributed by atoms with E-state index in [-0.39, 0.29) is 11.3 Å². The van der Waals surface area contributed by atoms with Gasteiger partial charge in [0.25, 0.3) is 0 Å². The summed E-state index contributed by atoms with van der Waals surface area (Å²) in [5.74, 6) is 0.0741. The van der Waals surface area contributed by atoms with E-state index in [9.17, 15) is 4.79 Å². The number of benzene rings is 1. The number of rotatable bonds is 6. The van der Waals surface area contributed by atoms with Crippen LogP contribution < -0.4 is 11.1 Å². The molecule has 0 saturated heterocycles. The number of halogens is 1. The number of nitrogens with one attached hydrogen (secondary N) is 1. The van der Waals surface area contributed by atoms with Gasteiger partial charge in [0.15, 0.2) is 0 Å². The zero-order chi connectivity index (χ0) is 13.6. The Morgan fingerprint density at radius 3 is 2.50 bits per heavy atom. The topological polar surface area (TPSA) is 55.1 Å². The summed E-state index contributed by atoms with van der Waals surface area (Å²) in [6, 6.07) is 8.13. The number of carbonyl (C=O) groups is 1. The highest BCUT2D eigenvalue weighted by atomic mass is 79.9. The van der Waals surface area contributed by atoms with Gasteiger partial charge in [-0.05, 0) is 37.1 Å². The summed E-state index contributed by atoms with van der Waals surface area (Å²) in [6.07, 6.45) is 1.55. The number of carbonyl (C=O) groups excluding carboxylic acids is 1. The largest absolute Gasteiger partial charge is 0.355 e. The lowest BCUT2D eigenvalue weighted by Gasteiger charge is -2.22. The molecule has 0 aliphatic heterocycles. The highest BCUT2D eigenvalue weighted by Crippen LogP contribution is 2.19. The van der Waals surface area contributed by atoms with Crippen molar-refractivity contribution in [2.45, 2.75) is 26.7 Å². The minimum Gasteiger partial charge on any atom is -0.355 e. The first-order valence-electron chi connectivity index (χ1n) is 6.18. The highest BCUT2D eigenvalue weighted by molar-refractivity contribution is 9.10. The minimum absolute atomic E-state index is 0.0741. The van der Waals surface area contributed by atoms with Crippen molar-refractivity contribution < 1.29 is 4.79 Å². The molecule has 1 rings (SSSR count). The van der Waals surface area contributed by atoms with Crippen LogP contribution in [0, 0.1) is 5.41 Å². The predicted molar refractivity (Wildman–Crippen MR) is 78.3 cm³/mol. The van der Waals surface area contributed by atoms with E-state index in [1.54, 1.807) is 0 Å². The SMILES string of the molecule is CC(C)(CCN)C(=O)NCCc1ccc(Br)cc1. The van der Waals surface area contributed by atoms with Gasteiger partial charge in [0.1, 0.15) is 0 Å². The van der Waals surface area contributed by atoms with Gasteiger partial charge in [-0.15, -0.1) is 0 Å². The van der Waals surface area contributed by atoms with Crippen molar-refractivity contribution in [2.24, 2.45) is 11.1 Å². The first-order chi connectivity index (χ1) is 8.45. The standard InChI is InChI=1S/C14H21BrN2O/c1-14(2,8-9-16)13(18)17-10-7-11-3-5-12(15)6-4-11/h3-6H,7-10,16H2,1-2H3,(H,17,18). The summed E-state index contributed by atoms with van der Waals surface area (Å²) in [7, 11) is 0. The summed E-state index contributed by atoms with van der Waals surface area (Å²) >= 11 is 3.40. The Balaban J connectivity index is 2.37. The van der Waals surface area contributed by atoms with Gasteiger partial charge >= 0.3 is 0 Å². The van der Waals surface area contributed by atoms with E-state index in [2.05, 4.69) is 33.4 Å². The lowest BCUT2D eigenvalue weighted by molar-refractivity contribution is -0.129.